The van der Waals surface area contributed by atoms with E-state index in [0.29, 0.717) is 11.0 Å². The van der Waals surface area contributed by atoms with Gasteiger partial charge in [0, 0.05) is 42.9 Å². The fraction of sp³-hybridized carbons (Fsp3) is 0.333. The highest BCUT2D eigenvalue weighted by atomic mass is 35.5. The van der Waals surface area contributed by atoms with E-state index in [1.807, 2.05) is 18.2 Å². The predicted octanol–water partition coefficient (Wildman–Crippen LogP) is 2.32. The molecular formula is C21H22ClN7O. The van der Waals surface area contributed by atoms with E-state index < -0.39 is 0 Å². The van der Waals surface area contributed by atoms with Crippen molar-refractivity contribution in [1.29, 1.82) is 0 Å². The van der Waals surface area contributed by atoms with Gasteiger partial charge >= 0.3 is 0 Å². The zero-order valence-electron chi connectivity index (χ0n) is 16.3. The molecule has 0 unspecified atom stereocenters. The van der Waals surface area contributed by atoms with Crippen molar-refractivity contribution >= 4 is 23.4 Å². The minimum Gasteiger partial charge on any atom is -0.367 e. The van der Waals surface area contributed by atoms with E-state index in [-0.39, 0.29) is 23.1 Å². The zero-order valence-corrected chi connectivity index (χ0v) is 17.0. The summed E-state index contributed by atoms with van der Waals surface area (Å²) in [5.74, 6) is 1.41. The summed E-state index contributed by atoms with van der Waals surface area (Å²) >= 11 is 5.88. The fourth-order valence-electron chi connectivity index (χ4n) is 4.41. The quantitative estimate of drug-likeness (QED) is 0.579. The van der Waals surface area contributed by atoms with E-state index in [0.717, 1.165) is 37.4 Å². The van der Waals surface area contributed by atoms with Gasteiger partial charge in [0.15, 0.2) is 0 Å². The molecule has 0 amide bonds. The summed E-state index contributed by atoms with van der Waals surface area (Å²) in [5.41, 5.74) is 0.853. The molecule has 9 heteroatoms. The van der Waals surface area contributed by atoms with Gasteiger partial charge in [-0.05, 0) is 31.0 Å². The van der Waals surface area contributed by atoms with Crippen molar-refractivity contribution in [3.8, 4) is 5.69 Å². The molecule has 2 atom stereocenters. The molecule has 4 heterocycles. The summed E-state index contributed by atoms with van der Waals surface area (Å²) in [6.45, 7) is 1.95. The smallest absolute Gasteiger partial charge is 0.255 e. The van der Waals surface area contributed by atoms with E-state index in [1.54, 1.807) is 35.4 Å². The van der Waals surface area contributed by atoms with Crippen LogP contribution in [0.25, 0.3) is 5.69 Å². The molecule has 1 aliphatic heterocycles. The second-order valence-corrected chi connectivity index (χ2v) is 8.42. The number of aromatic nitrogens is 4. The zero-order chi connectivity index (χ0) is 20.6. The van der Waals surface area contributed by atoms with Crippen LogP contribution in [0.5, 0.6) is 0 Å². The van der Waals surface area contributed by atoms with Gasteiger partial charge in [-0.2, -0.15) is 0 Å². The monoisotopic (exact) mass is 423 g/mol. The molecule has 3 aromatic heterocycles. The number of hydrogen-bond donors (Lipinski definition) is 3. The molecule has 1 saturated heterocycles. The molecule has 154 valence electrons. The molecular weight excluding hydrogens is 402 g/mol. The van der Waals surface area contributed by atoms with E-state index in [4.69, 9.17) is 11.6 Å². The molecule has 1 saturated carbocycles. The number of hydrogen-bond acceptors (Lipinski definition) is 7. The fourth-order valence-corrected chi connectivity index (χ4v) is 4.51. The Kier molecular flexibility index (Phi) is 4.88. The van der Waals surface area contributed by atoms with Gasteiger partial charge in [-0.3, -0.25) is 9.36 Å². The van der Waals surface area contributed by atoms with Crippen LogP contribution in [0.4, 0.5) is 11.8 Å². The molecule has 1 aliphatic carbocycles. The van der Waals surface area contributed by atoms with Crippen molar-refractivity contribution < 1.29 is 0 Å². The van der Waals surface area contributed by atoms with Crippen LogP contribution < -0.4 is 21.5 Å². The topological polar surface area (TPSA) is 96.8 Å². The third-order valence-corrected chi connectivity index (χ3v) is 6.19. The maximum absolute atomic E-state index is 12.0. The second-order valence-electron chi connectivity index (χ2n) is 7.98. The van der Waals surface area contributed by atoms with Gasteiger partial charge in [0.1, 0.15) is 5.82 Å². The largest absolute Gasteiger partial charge is 0.367 e. The van der Waals surface area contributed by atoms with Crippen molar-refractivity contribution in [2.24, 2.45) is 5.41 Å². The molecule has 8 nitrogen and oxygen atoms in total. The number of nitrogens with one attached hydrogen (secondary N) is 3. The molecule has 5 rings (SSSR count). The first-order chi connectivity index (χ1) is 14.6. The van der Waals surface area contributed by atoms with Gasteiger partial charge in [0.05, 0.1) is 29.3 Å². The van der Waals surface area contributed by atoms with Crippen molar-refractivity contribution in [2.45, 2.75) is 24.9 Å². The summed E-state index contributed by atoms with van der Waals surface area (Å²) < 4.78 is 1.58. The first kappa shape index (κ1) is 19.0. The van der Waals surface area contributed by atoms with Gasteiger partial charge in [-0.1, -0.05) is 17.7 Å². The molecule has 1 spiro atoms. The summed E-state index contributed by atoms with van der Waals surface area (Å²) in [6.07, 6.45) is 8.64. The number of nitrogens with zero attached hydrogens (tertiary/aromatic N) is 4. The van der Waals surface area contributed by atoms with Crippen LogP contribution in [0.3, 0.4) is 0 Å². The minimum atomic E-state index is -0.0753. The van der Waals surface area contributed by atoms with Crippen LogP contribution >= 0.6 is 11.6 Å². The Labute approximate surface area is 178 Å². The lowest BCUT2D eigenvalue weighted by atomic mass is 9.76. The highest BCUT2D eigenvalue weighted by Gasteiger charge is 2.51. The molecule has 0 bridgehead atoms. The average Bonchev–Trinajstić information content (AvgIpc) is 3.09. The third kappa shape index (κ3) is 3.64. The number of rotatable bonds is 5. The number of halogens is 1. The summed E-state index contributed by atoms with van der Waals surface area (Å²) in [7, 11) is 0. The van der Waals surface area contributed by atoms with Crippen molar-refractivity contribution in [1.82, 2.24) is 24.8 Å². The molecule has 3 N–H and O–H groups in total. The molecule has 2 fully saturated rings. The summed E-state index contributed by atoms with van der Waals surface area (Å²) in [5, 5.41) is 11.0. The normalized spacial score (nSPS) is 21.9. The minimum absolute atomic E-state index is 0.0753. The van der Waals surface area contributed by atoms with Gasteiger partial charge < -0.3 is 16.0 Å². The molecule has 30 heavy (non-hydrogen) atoms. The Balaban J connectivity index is 1.29. The summed E-state index contributed by atoms with van der Waals surface area (Å²) in [6, 6.07) is 9.49. The maximum Gasteiger partial charge on any atom is 0.255 e. The van der Waals surface area contributed by atoms with Crippen LogP contribution in [-0.4, -0.2) is 44.7 Å². The molecule has 2 aliphatic rings. The Morgan fingerprint density at radius 2 is 1.90 bits per heavy atom. The lowest BCUT2D eigenvalue weighted by Crippen LogP contribution is -2.59. The predicted molar refractivity (Wildman–Crippen MR) is 116 cm³/mol. The van der Waals surface area contributed by atoms with Gasteiger partial charge in [0.25, 0.3) is 5.56 Å². The Morgan fingerprint density at radius 1 is 1.07 bits per heavy atom. The molecule has 3 aromatic rings. The van der Waals surface area contributed by atoms with E-state index in [1.165, 1.54) is 6.07 Å². The third-order valence-electron chi connectivity index (χ3n) is 5.99. The Hall–Kier alpha value is -2.97. The van der Waals surface area contributed by atoms with Crippen molar-refractivity contribution in [3.05, 3.63) is 70.5 Å². The molecule has 0 radical (unpaired) electrons. The van der Waals surface area contributed by atoms with Crippen molar-refractivity contribution in [2.75, 3.05) is 23.7 Å². The first-order valence-corrected chi connectivity index (χ1v) is 10.3. The van der Waals surface area contributed by atoms with E-state index >= 15 is 0 Å². The van der Waals surface area contributed by atoms with Gasteiger partial charge in [0.2, 0.25) is 5.95 Å². The second kappa shape index (κ2) is 7.70. The van der Waals surface area contributed by atoms with Crippen LogP contribution in [-0.2, 0) is 0 Å². The highest BCUT2D eigenvalue weighted by Crippen LogP contribution is 2.43. The van der Waals surface area contributed by atoms with Crippen LogP contribution in [0, 0.1) is 5.41 Å². The maximum atomic E-state index is 12.0. The highest BCUT2D eigenvalue weighted by molar-refractivity contribution is 6.30. The van der Waals surface area contributed by atoms with Crippen LogP contribution in [0.1, 0.15) is 12.8 Å². The number of anilines is 2. The lowest BCUT2D eigenvalue weighted by Gasteiger charge is -2.44. The SMILES string of the molecule is O=c1ccccn1-c1ccc(N[C@@H]2C[C@@H](Nc3ncc(Cl)cn3)CC23CNC3)nc1. The van der Waals surface area contributed by atoms with Gasteiger partial charge in [-0.25, -0.2) is 15.0 Å². The Morgan fingerprint density at radius 3 is 2.57 bits per heavy atom. The summed E-state index contributed by atoms with van der Waals surface area (Å²) in [4.78, 5) is 25.1. The Bertz CT molecular complexity index is 1080. The average molecular weight is 424 g/mol. The van der Waals surface area contributed by atoms with Gasteiger partial charge in [-0.15, -0.1) is 0 Å². The van der Waals surface area contributed by atoms with E-state index in [9.17, 15) is 4.79 Å². The van der Waals surface area contributed by atoms with Crippen LogP contribution in [0.15, 0.2) is 59.9 Å². The lowest BCUT2D eigenvalue weighted by molar-refractivity contribution is 0.160. The van der Waals surface area contributed by atoms with E-state index in [2.05, 4.69) is 30.9 Å². The number of pyridine rings is 2. The first-order valence-electron chi connectivity index (χ1n) is 9.97. The standard InChI is InChI=1S/C21H22ClN7O/c22-14-9-25-20(26-10-14)27-15-7-17(21(8-15)12-23-13-21)28-18-5-4-16(11-24-18)29-6-2-1-3-19(29)30/h1-6,9-11,15,17,23H,7-8,12-13H2,(H,24,28)(H,25,26,27)/t15-,17-/m1/s1. The van der Waals surface area contributed by atoms with Crippen molar-refractivity contribution in [3.63, 3.8) is 0 Å². The molecule has 0 aromatic carbocycles. The van der Waals surface area contributed by atoms with Crippen LogP contribution in [0.2, 0.25) is 5.02 Å².